The number of hydrogen-bond donors (Lipinski definition) is 1. The Morgan fingerprint density at radius 1 is 1.38 bits per heavy atom. The molecule has 1 nitrogen and oxygen atoms in total. The summed E-state index contributed by atoms with van der Waals surface area (Å²) in [6.07, 6.45) is 11.3. The first-order valence-corrected chi connectivity index (χ1v) is 5.49. The molecule has 76 valence electrons. The van der Waals surface area contributed by atoms with Crippen LogP contribution >= 0.6 is 0 Å². The third kappa shape index (κ3) is 7.87. The molecular formula is C12H23N. The molecular weight excluding hydrogens is 158 g/mol. The fourth-order valence-electron chi connectivity index (χ4n) is 1.41. The minimum absolute atomic E-state index is 0.845. The molecule has 0 amide bonds. The summed E-state index contributed by atoms with van der Waals surface area (Å²) in [7, 11) is 0. The number of unbranched alkanes of at least 4 members (excludes halogenated alkanes) is 1. The summed E-state index contributed by atoms with van der Waals surface area (Å²) < 4.78 is 0. The lowest BCUT2D eigenvalue weighted by Gasteiger charge is -2.14. The summed E-state index contributed by atoms with van der Waals surface area (Å²) in [6.45, 7) is 6.62. The fraction of sp³-hybridized carbons (Fsp3) is 0.833. The van der Waals surface area contributed by atoms with Crippen molar-refractivity contribution >= 4 is 0 Å². The van der Waals surface area contributed by atoms with Crippen LogP contribution in [-0.4, -0.2) is 13.1 Å². The maximum atomic E-state index is 5.17. The van der Waals surface area contributed by atoms with Gasteiger partial charge >= 0.3 is 0 Å². The Balaban J connectivity index is 3.32. The highest BCUT2D eigenvalue weighted by Gasteiger charge is 2.03. The van der Waals surface area contributed by atoms with Crippen LogP contribution in [0.15, 0.2) is 0 Å². The Morgan fingerprint density at radius 2 is 2.15 bits per heavy atom. The predicted molar refractivity (Wildman–Crippen MR) is 59.6 cm³/mol. The summed E-state index contributed by atoms with van der Waals surface area (Å²) in [5, 5.41) is 3.40. The molecule has 1 unspecified atom stereocenters. The van der Waals surface area contributed by atoms with Gasteiger partial charge in [0.15, 0.2) is 0 Å². The highest BCUT2D eigenvalue weighted by molar-refractivity contribution is 4.84. The zero-order valence-electron chi connectivity index (χ0n) is 9.10. The van der Waals surface area contributed by atoms with Crippen molar-refractivity contribution < 1.29 is 0 Å². The van der Waals surface area contributed by atoms with Crippen molar-refractivity contribution in [2.75, 3.05) is 13.1 Å². The zero-order chi connectivity index (χ0) is 9.94. The van der Waals surface area contributed by atoms with E-state index in [2.05, 4.69) is 25.1 Å². The third-order valence-corrected chi connectivity index (χ3v) is 2.42. The van der Waals surface area contributed by atoms with E-state index in [1.807, 2.05) is 0 Å². The van der Waals surface area contributed by atoms with Crippen LogP contribution in [0.3, 0.4) is 0 Å². The van der Waals surface area contributed by atoms with Crippen molar-refractivity contribution in [3.05, 3.63) is 0 Å². The van der Waals surface area contributed by atoms with Crippen LogP contribution in [0.1, 0.15) is 46.0 Å². The second-order valence-electron chi connectivity index (χ2n) is 3.57. The van der Waals surface area contributed by atoms with E-state index in [9.17, 15) is 0 Å². The first-order chi connectivity index (χ1) is 6.35. The monoisotopic (exact) mass is 181 g/mol. The van der Waals surface area contributed by atoms with E-state index < -0.39 is 0 Å². The van der Waals surface area contributed by atoms with Gasteiger partial charge in [0.1, 0.15) is 0 Å². The zero-order valence-corrected chi connectivity index (χ0v) is 9.10. The van der Waals surface area contributed by atoms with Crippen molar-refractivity contribution in [2.24, 2.45) is 5.92 Å². The molecule has 0 aliphatic carbocycles. The van der Waals surface area contributed by atoms with Gasteiger partial charge in [0.2, 0.25) is 0 Å². The Morgan fingerprint density at radius 3 is 2.69 bits per heavy atom. The number of hydrogen-bond acceptors (Lipinski definition) is 1. The molecule has 0 fully saturated rings. The Hall–Kier alpha value is -0.480. The molecule has 1 N–H and O–H groups in total. The van der Waals surface area contributed by atoms with Gasteiger partial charge in [-0.2, -0.15) is 0 Å². The predicted octanol–water partition coefficient (Wildman–Crippen LogP) is 2.82. The lowest BCUT2D eigenvalue weighted by molar-refractivity contribution is 0.422. The molecule has 1 heteroatoms. The normalized spacial score (nSPS) is 12.4. The van der Waals surface area contributed by atoms with Gasteiger partial charge in [0, 0.05) is 13.0 Å². The highest BCUT2D eigenvalue weighted by Crippen LogP contribution is 2.10. The number of terminal acetylenes is 1. The van der Waals surface area contributed by atoms with Gasteiger partial charge in [-0.1, -0.05) is 33.1 Å². The molecule has 0 heterocycles. The van der Waals surface area contributed by atoms with Crippen molar-refractivity contribution in [1.82, 2.24) is 5.32 Å². The molecule has 0 radical (unpaired) electrons. The quantitative estimate of drug-likeness (QED) is 0.448. The van der Waals surface area contributed by atoms with E-state index in [1.165, 1.54) is 25.7 Å². The minimum Gasteiger partial charge on any atom is -0.316 e. The van der Waals surface area contributed by atoms with E-state index in [0.717, 1.165) is 25.4 Å². The molecule has 0 aromatic heterocycles. The van der Waals surface area contributed by atoms with E-state index in [1.54, 1.807) is 0 Å². The smallest absolute Gasteiger partial charge is 0.0211 e. The van der Waals surface area contributed by atoms with Crippen LogP contribution in [0.4, 0.5) is 0 Å². The molecule has 0 rings (SSSR count). The standard InChI is InChI=1S/C12H23N/c1-4-7-9-12(6-3)11-13-10-8-5-2/h2,12-13H,4,6-11H2,1,3H3. The second kappa shape index (κ2) is 9.61. The van der Waals surface area contributed by atoms with E-state index in [-0.39, 0.29) is 0 Å². The largest absolute Gasteiger partial charge is 0.316 e. The molecule has 13 heavy (non-hydrogen) atoms. The molecule has 0 bridgehead atoms. The van der Waals surface area contributed by atoms with Gasteiger partial charge in [-0.25, -0.2) is 0 Å². The van der Waals surface area contributed by atoms with Crippen LogP contribution in [0, 0.1) is 18.3 Å². The van der Waals surface area contributed by atoms with E-state index >= 15 is 0 Å². The Kier molecular flexibility index (Phi) is 9.25. The first-order valence-electron chi connectivity index (χ1n) is 5.49. The van der Waals surface area contributed by atoms with Crippen LogP contribution in [-0.2, 0) is 0 Å². The van der Waals surface area contributed by atoms with Gasteiger partial charge in [0.25, 0.3) is 0 Å². The van der Waals surface area contributed by atoms with Crippen LogP contribution in [0.25, 0.3) is 0 Å². The first kappa shape index (κ1) is 12.5. The minimum atomic E-state index is 0.845. The molecule has 0 saturated heterocycles. The van der Waals surface area contributed by atoms with Gasteiger partial charge < -0.3 is 5.32 Å². The van der Waals surface area contributed by atoms with Crippen LogP contribution in [0.5, 0.6) is 0 Å². The summed E-state index contributed by atoms with van der Waals surface area (Å²) in [4.78, 5) is 0. The molecule has 0 aromatic rings. The van der Waals surface area contributed by atoms with Crippen LogP contribution < -0.4 is 5.32 Å². The molecule has 1 atom stereocenters. The Labute approximate surface area is 83.3 Å². The maximum Gasteiger partial charge on any atom is 0.0211 e. The van der Waals surface area contributed by atoms with Gasteiger partial charge in [0.05, 0.1) is 0 Å². The third-order valence-electron chi connectivity index (χ3n) is 2.42. The van der Waals surface area contributed by atoms with Crippen molar-refractivity contribution in [3.63, 3.8) is 0 Å². The maximum absolute atomic E-state index is 5.17. The number of rotatable bonds is 8. The highest BCUT2D eigenvalue weighted by atomic mass is 14.8. The Bertz CT molecular complexity index is 135. The lowest BCUT2D eigenvalue weighted by atomic mass is 9.99. The topological polar surface area (TPSA) is 12.0 Å². The molecule has 0 spiro atoms. The summed E-state index contributed by atoms with van der Waals surface area (Å²) in [5.41, 5.74) is 0. The average molecular weight is 181 g/mol. The van der Waals surface area contributed by atoms with E-state index in [0.29, 0.717) is 0 Å². The SMILES string of the molecule is C#CCCNCC(CC)CCCC. The summed E-state index contributed by atoms with van der Waals surface area (Å²) in [5.74, 6) is 3.49. The summed E-state index contributed by atoms with van der Waals surface area (Å²) >= 11 is 0. The second-order valence-corrected chi connectivity index (χ2v) is 3.57. The molecule has 0 saturated carbocycles. The van der Waals surface area contributed by atoms with Crippen molar-refractivity contribution in [3.8, 4) is 12.3 Å². The average Bonchev–Trinajstić information content (AvgIpc) is 2.17. The van der Waals surface area contributed by atoms with E-state index in [4.69, 9.17) is 6.42 Å². The lowest BCUT2D eigenvalue weighted by Crippen LogP contribution is -2.23. The van der Waals surface area contributed by atoms with Crippen molar-refractivity contribution in [2.45, 2.75) is 46.0 Å². The number of nitrogens with one attached hydrogen (secondary N) is 1. The van der Waals surface area contributed by atoms with Gasteiger partial charge in [-0.3, -0.25) is 0 Å². The summed E-state index contributed by atoms with van der Waals surface area (Å²) in [6, 6.07) is 0. The fourth-order valence-corrected chi connectivity index (χ4v) is 1.41. The molecule has 0 aromatic carbocycles. The van der Waals surface area contributed by atoms with Gasteiger partial charge in [-0.05, 0) is 18.9 Å². The van der Waals surface area contributed by atoms with Gasteiger partial charge in [-0.15, -0.1) is 12.3 Å². The molecule has 0 aliphatic rings. The molecule has 0 aliphatic heterocycles. The van der Waals surface area contributed by atoms with Crippen molar-refractivity contribution in [1.29, 1.82) is 0 Å². The van der Waals surface area contributed by atoms with Crippen LogP contribution in [0.2, 0.25) is 0 Å².